The smallest absolute Gasteiger partial charge is 0.149 e. The molecule has 1 atom stereocenters. The van der Waals surface area contributed by atoms with Crippen LogP contribution in [0.2, 0.25) is 0 Å². The third-order valence-electron chi connectivity index (χ3n) is 5.50. The van der Waals surface area contributed by atoms with Gasteiger partial charge >= 0.3 is 0 Å². The molecule has 0 amide bonds. The second-order valence-electron chi connectivity index (χ2n) is 8.59. The predicted octanol–water partition coefficient (Wildman–Crippen LogP) is 4.61. The number of hydrogen-bond donors (Lipinski definition) is 0. The molecular formula is C21H45N3S2+2. The summed E-state index contributed by atoms with van der Waals surface area (Å²) in [5.41, 5.74) is 0. The van der Waals surface area contributed by atoms with Crippen molar-refractivity contribution in [1.82, 2.24) is 4.90 Å². The average molecular weight is 404 g/mol. The molecule has 0 saturated heterocycles. The second-order valence-corrected chi connectivity index (χ2v) is 11.3. The monoisotopic (exact) mass is 403 g/mol. The Morgan fingerprint density at radius 2 is 1.85 bits per heavy atom. The van der Waals surface area contributed by atoms with Gasteiger partial charge in [0.1, 0.15) is 18.8 Å². The minimum Gasteiger partial charge on any atom is -0.328 e. The molecule has 1 rings (SSSR count). The van der Waals surface area contributed by atoms with Gasteiger partial charge in [0.05, 0.1) is 32.9 Å². The molecule has 3 nitrogen and oxygen atoms in total. The predicted molar refractivity (Wildman–Crippen MR) is 123 cm³/mol. The second kappa shape index (κ2) is 14.3. The van der Waals surface area contributed by atoms with Gasteiger partial charge in [0.2, 0.25) is 0 Å². The van der Waals surface area contributed by atoms with Crippen molar-refractivity contribution < 1.29 is 9.06 Å². The summed E-state index contributed by atoms with van der Waals surface area (Å²) < 4.78 is 3.75. The zero-order chi connectivity index (χ0) is 19.3. The summed E-state index contributed by atoms with van der Waals surface area (Å²) in [4.78, 5) is 2.51. The largest absolute Gasteiger partial charge is 0.328 e. The number of nitrogens with zero attached hydrogens (tertiary/aromatic N) is 3. The van der Waals surface area contributed by atoms with E-state index in [0.29, 0.717) is 0 Å². The molecule has 0 radical (unpaired) electrons. The molecule has 26 heavy (non-hydrogen) atoms. The van der Waals surface area contributed by atoms with Gasteiger partial charge in [0.25, 0.3) is 0 Å². The van der Waals surface area contributed by atoms with Crippen LogP contribution in [0.1, 0.15) is 58.8 Å². The van der Waals surface area contributed by atoms with Gasteiger partial charge in [-0.05, 0) is 39.8 Å². The lowest BCUT2D eigenvalue weighted by molar-refractivity contribution is -0.888. The van der Waals surface area contributed by atoms with Gasteiger partial charge in [-0.2, -0.15) is 0 Å². The van der Waals surface area contributed by atoms with Crippen LogP contribution in [0.15, 0.2) is 0 Å². The Kier molecular flexibility index (Phi) is 13.4. The van der Waals surface area contributed by atoms with E-state index in [9.17, 15) is 0 Å². The maximum atomic E-state index is 2.58. The van der Waals surface area contributed by atoms with E-state index < -0.39 is 0 Å². The fourth-order valence-corrected chi connectivity index (χ4v) is 5.75. The summed E-state index contributed by atoms with van der Waals surface area (Å²) in [5.74, 6) is 2.52. The third-order valence-corrected chi connectivity index (χ3v) is 7.86. The quantitative estimate of drug-likeness (QED) is 0.171. The van der Waals surface area contributed by atoms with E-state index in [2.05, 4.69) is 72.3 Å². The maximum Gasteiger partial charge on any atom is 0.149 e. The highest BCUT2D eigenvalue weighted by Crippen LogP contribution is 2.21. The maximum absolute atomic E-state index is 2.58. The summed E-state index contributed by atoms with van der Waals surface area (Å²) >= 11 is 0. The van der Waals surface area contributed by atoms with Crippen LogP contribution in [0, 0.1) is 0 Å². The molecule has 0 aliphatic carbocycles. The summed E-state index contributed by atoms with van der Waals surface area (Å²) in [6, 6.07) is 0.764. The van der Waals surface area contributed by atoms with Crippen molar-refractivity contribution in [3.63, 3.8) is 0 Å². The molecule has 0 N–H and O–H groups in total. The highest BCUT2D eigenvalue weighted by Gasteiger charge is 2.18. The van der Waals surface area contributed by atoms with Crippen LogP contribution in [-0.2, 0) is 0 Å². The summed E-state index contributed by atoms with van der Waals surface area (Å²) in [7, 11) is 11.2. The number of hydrogen-bond acceptors (Lipinski definition) is 3. The van der Waals surface area contributed by atoms with Crippen molar-refractivity contribution in [3.8, 4) is 0 Å². The van der Waals surface area contributed by atoms with Crippen LogP contribution < -0.4 is 0 Å². The molecule has 154 valence electrons. The van der Waals surface area contributed by atoms with E-state index in [4.69, 9.17) is 0 Å². The lowest BCUT2D eigenvalue weighted by atomic mass is 10.1. The fraction of sp³-hybridized carbons (Fsp3) is 0.952. The van der Waals surface area contributed by atoms with Gasteiger partial charge in [-0.3, -0.25) is 0 Å². The van der Waals surface area contributed by atoms with E-state index in [1.54, 1.807) is 0 Å². The van der Waals surface area contributed by atoms with Gasteiger partial charge < -0.3 is 9.38 Å². The van der Waals surface area contributed by atoms with Crippen LogP contribution in [0.3, 0.4) is 0 Å². The molecule has 0 fully saturated rings. The fourth-order valence-electron chi connectivity index (χ4n) is 3.41. The minimum atomic E-state index is 0.764. The summed E-state index contributed by atoms with van der Waals surface area (Å²) in [6.45, 7) is 11.0. The molecule has 1 unspecified atom stereocenters. The van der Waals surface area contributed by atoms with Gasteiger partial charge in [-0.25, -0.2) is 4.58 Å². The Hall–Kier alpha value is 0.290. The highest BCUT2D eigenvalue weighted by atomic mass is 33.1. The zero-order valence-corrected chi connectivity index (χ0v) is 19.8. The standard InChI is InChI=1S/C21H45N3S2/c1-6-7-17-24(4,5)18-20-26-25-19-16-22(3)13-10-11-15-23-14-9-8-12-21(23)2/h14,21H,6-13,15-20H2,1-5H3/q+2. The van der Waals surface area contributed by atoms with E-state index in [1.165, 1.54) is 93.7 Å². The van der Waals surface area contributed by atoms with Crippen LogP contribution in [0.25, 0.3) is 0 Å². The van der Waals surface area contributed by atoms with Crippen LogP contribution in [-0.4, -0.2) is 91.6 Å². The molecule has 0 saturated carbocycles. The van der Waals surface area contributed by atoms with Gasteiger partial charge in [-0.15, -0.1) is 0 Å². The summed E-state index contributed by atoms with van der Waals surface area (Å²) in [6.07, 6.45) is 11.8. The van der Waals surface area contributed by atoms with Crippen LogP contribution >= 0.6 is 21.6 Å². The molecule has 0 aromatic heterocycles. The molecule has 0 spiro atoms. The van der Waals surface area contributed by atoms with Gasteiger partial charge in [-0.1, -0.05) is 34.9 Å². The molecule has 1 heterocycles. The van der Waals surface area contributed by atoms with Crippen molar-refractivity contribution >= 4 is 27.8 Å². The first kappa shape index (κ1) is 24.3. The number of unbranched alkanes of at least 4 members (excludes halogenated alkanes) is 2. The third kappa shape index (κ3) is 11.9. The number of rotatable bonds is 15. The topological polar surface area (TPSA) is 6.25 Å². The first-order valence-corrected chi connectivity index (χ1v) is 13.3. The van der Waals surface area contributed by atoms with E-state index in [0.717, 1.165) is 6.04 Å². The van der Waals surface area contributed by atoms with Crippen molar-refractivity contribution in [1.29, 1.82) is 0 Å². The van der Waals surface area contributed by atoms with Crippen molar-refractivity contribution in [2.24, 2.45) is 0 Å². The SMILES string of the molecule is CCCC[N+](C)(C)CCSSCCN(C)CCCC[N+]1=CCCCC1C. The van der Waals surface area contributed by atoms with Gasteiger partial charge in [0.15, 0.2) is 0 Å². The van der Waals surface area contributed by atoms with Crippen LogP contribution in [0.5, 0.6) is 0 Å². The average Bonchev–Trinajstić information content (AvgIpc) is 2.61. The van der Waals surface area contributed by atoms with Crippen molar-refractivity contribution in [2.45, 2.75) is 64.8 Å². The lowest BCUT2D eigenvalue weighted by Crippen LogP contribution is -2.42. The normalized spacial score (nSPS) is 18.4. The Morgan fingerprint density at radius 1 is 1.08 bits per heavy atom. The molecule has 1 aliphatic heterocycles. The Bertz CT molecular complexity index is 385. The van der Waals surface area contributed by atoms with Crippen LogP contribution in [0.4, 0.5) is 0 Å². The molecule has 0 aromatic rings. The Balaban J connectivity index is 1.95. The van der Waals surface area contributed by atoms with Crippen molar-refractivity contribution in [2.75, 3.05) is 65.4 Å². The molecule has 0 aromatic carbocycles. The number of quaternary nitrogens is 1. The minimum absolute atomic E-state index is 0.764. The molecule has 0 bridgehead atoms. The highest BCUT2D eigenvalue weighted by molar-refractivity contribution is 8.76. The Labute approximate surface area is 172 Å². The van der Waals surface area contributed by atoms with E-state index >= 15 is 0 Å². The molecule has 1 aliphatic rings. The van der Waals surface area contributed by atoms with E-state index in [-0.39, 0.29) is 0 Å². The zero-order valence-electron chi connectivity index (χ0n) is 18.2. The van der Waals surface area contributed by atoms with Gasteiger partial charge in [0, 0.05) is 31.6 Å². The first-order valence-electron chi connectivity index (χ1n) is 10.8. The molecular weight excluding hydrogens is 358 g/mol. The summed E-state index contributed by atoms with van der Waals surface area (Å²) in [5, 5.41) is 0. The lowest BCUT2D eigenvalue weighted by Gasteiger charge is -2.29. The first-order chi connectivity index (χ1) is 12.4. The van der Waals surface area contributed by atoms with Crippen molar-refractivity contribution in [3.05, 3.63) is 0 Å². The van der Waals surface area contributed by atoms with E-state index in [1.807, 2.05) is 0 Å². The Morgan fingerprint density at radius 3 is 2.58 bits per heavy atom. The molecule has 5 heteroatoms.